The Morgan fingerprint density at radius 2 is 1.81 bits per heavy atom. The van der Waals surface area contributed by atoms with E-state index in [4.69, 9.17) is 5.73 Å². The molecule has 1 atom stereocenters. The highest BCUT2D eigenvalue weighted by atomic mass is 32.1. The Balaban J connectivity index is 1.53. The van der Waals surface area contributed by atoms with Crippen LogP contribution in [0.2, 0.25) is 0 Å². The first-order chi connectivity index (χ1) is 12.5. The van der Waals surface area contributed by atoms with E-state index in [2.05, 4.69) is 10.6 Å². The van der Waals surface area contributed by atoms with Gasteiger partial charge in [0, 0.05) is 11.4 Å². The van der Waals surface area contributed by atoms with Crippen molar-refractivity contribution in [2.45, 2.75) is 18.9 Å². The molecule has 4 N–H and O–H groups in total. The first-order valence-corrected chi connectivity index (χ1v) is 9.19. The van der Waals surface area contributed by atoms with Gasteiger partial charge in [0.1, 0.15) is 0 Å². The maximum Gasteiger partial charge on any atom is 0.265 e. The van der Waals surface area contributed by atoms with Crippen molar-refractivity contribution in [1.29, 1.82) is 0 Å². The van der Waals surface area contributed by atoms with E-state index >= 15 is 0 Å². The molecule has 3 amide bonds. The van der Waals surface area contributed by atoms with Gasteiger partial charge in [0.05, 0.1) is 17.5 Å². The molecule has 2 aromatic rings. The number of thiophene rings is 1. The van der Waals surface area contributed by atoms with Gasteiger partial charge in [-0.1, -0.05) is 6.07 Å². The zero-order valence-corrected chi connectivity index (χ0v) is 14.9. The number of rotatable bonds is 6. The van der Waals surface area contributed by atoms with Crippen molar-refractivity contribution in [3.63, 3.8) is 0 Å². The molecular formula is C18H20N4O3S. The van der Waals surface area contributed by atoms with Crippen molar-refractivity contribution in [3.05, 3.63) is 46.7 Å². The van der Waals surface area contributed by atoms with Crippen LogP contribution in [-0.2, 0) is 9.59 Å². The number of nitrogens with one attached hydrogen (secondary N) is 2. The molecule has 8 heteroatoms. The standard InChI is InChI=1S/C18H20N4O3S/c19-17(24)14-3-1-9-22(14)11-16(23)20-12-5-7-13(8-6-12)21-18(25)15-4-2-10-26-15/h2,4-8,10,14H,1,3,9,11H2,(H2,19,24)(H,20,23)(H,21,25). The van der Waals surface area contributed by atoms with E-state index in [1.54, 1.807) is 35.2 Å². The quantitative estimate of drug-likeness (QED) is 0.720. The summed E-state index contributed by atoms with van der Waals surface area (Å²) >= 11 is 1.37. The van der Waals surface area contributed by atoms with Gasteiger partial charge in [-0.25, -0.2) is 0 Å². The number of carbonyl (C=O) groups is 3. The second kappa shape index (κ2) is 8.11. The van der Waals surface area contributed by atoms with Crippen LogP contribution in [0.3, 0.4) is 0 Å². The van der Waals surface area contributed by atoms with E-state index in [0.717, 1.165) is 6.42 Å². The van der Waals surface area contributed by atoms with Crippen LogP contribution < -0.4 is 16.4 Å². The zero-order chi connectivity index (χ0) is 18.5. The van der Waals surface area contributed by atoms with E-state index < -0.39 is 0 Å². The summed E-state index contributed by atoms with van der Waals surface area (Å²) < 4.78 is 0. The molecule has 7 nitrogen and oxygen atoms in total. The van der Waals surface area contributed by atoms with Gasteiger partial charge >= 0.3 is 0 Å². The predicted octanol–water partition coefficient (Wildman–Crippen LogP) is 1.89. The highest BCUT2D eigenvalue weighted by molar-refractivity contribution is 7.12. The van der Waals surface area contributed by atoms with Gasteiger partial charge in [-0.05, 0) is 55.1 Å². The summed E-state index contributed by atoms with van der Waals surface area (Å²) in [4.78, 5) is 38.0. The number of nitrogens with zero attached hydrogens (tertiary/aromatic N) is 1. The van der Waals surface area contributed by atoms with Crippen LogP contribution in [-0.4, -0.2) is 41.8 Å². The van der Waals surface area contributed by atoms with Gasteiger partial charge in [0.2, 0.25) is 11.8 Å². The van der Waals surface area contributed by atoms with Crippen LogP contribution in [0.15, 0.2) is 41.8 Å². The van der Waals surface area contributed by atoms with E-state index in [9.17, 15) is 14.4 Å². The number of primary amides is 1. The fourth-order valence-corrected chi connectivity index (χ4v) is 3.58. The maximum atomic E-state index is 12.2. The lowest BCUT2D eigenvalue weighted by Crippen LogP contribution is -2.43. The van der Waals surface area contributed by atoms with Crippen LogP contribution >= 0.6 is 11.3 Å². The minimum Gasteiger partial charge on any atom is -0.368 e. The fraction of sp³-hybridized carbons (Fsp3) is 0.278. The largest absolute Gasteiger partial charge is 0.368 e. The molecule has 26 heavy (non-hydrogen) atoms. The van der Waals surface area contributed by atoms with Gasteiger partial charge in [0.15, 0.2) is 0 Å². The Morgan fingerprint density at radius 1 is 1.12 bits per heavy atom. The van der Waals surface area contributed by atoms with E-state index in [-0.39, 0.29) is 30.3 Å². The first kappa shape index (κ1) is 18.1. The molecular weight excluding hydrogens is 352 g/mol. The molecule has 3 rings (SSSR count). The molecule has 0 saturated carbocycles. The number of hydrogen-bond donors (Lipinski definition) is 3. The van der Waals surface area contributed by atoms with E-state index in [0.29, 0.717) is 29.2 Å². The molecule has 0 aliphatic carbocycles. The molecule has 1 aromatic carbocycles. The lowest BCUT2D eigenvalue weighted by atomic mass is 10.2. The molecule has 1 aliphatic rings. The van der Waals surface area contributed by atoms with Crippen molar-refractivity contribution in [1.82, 2.24) is 4.90 Å². The van der Waals surface area contributed by atoms with Crippen LogP contribution in [0.25, 0.3) is 0 Å². The molecule has 0 spiro atoms. The van der Waals surface area contributed by atoms with Crippen molar-refractivity contribution < 1.29 is 14.4 Å². The van der Waals surface area contributed by atoms with Gasteiger partial charge in [-0.2, -0.15) is 0 Å². The summed E-state index contributed by atoms with van der Waals surface area (Å²) in [6.45, 7) is 0.819. The normalized spacial score (nSPS) is 17.0. The van der Waals surface area contributed by atoms with Crippen LogP contribution in [0, 0.1) is 0 Å². The third kappa shape index (κ3) is 4.47. The predicted molar refractivity (Wildman–Crippen MR) is 101 cm³/mol. The van der Waals surface area contributed by atoms with Gasteiger partial charge in [-0.15, -0.1) is 11.3 Å². The van der Waals surface area contributed by atoms with Crippen molar-refractivity contribution in [2.75, 3.05) is 23.7 Å². The molecule has 1 aliphatic heterocycles. The van der Waals surface area contributed by atoms with E-state index in [1.165, 1.54) is 11.3 Å². The van der Waals surface area contributed by atoms with Crippen molar-refractivity contribution >= 4 is 40.4 Å². The lowest BCUT2D eigenvalue weighted by Gasteiger charge is -2.21. The fourth-order valence-electron chi connectivity index (χ4n) is 2.96. The number of hydrogen-bond acceptors (Lipinski definition) is 5. The summed E-state index contributed by atoms with van der Waals surface area (Å²) in [5.74, 6) is -0.752. The Morgan fingerprint density at radius 3 is 2.42 bits per heavy atom. The second-order valence-corrected chi connectivity index (χ2v) is 7.04. The van der Waals surface area contributed by atoms with Crippen LogP contribution in [0.5, 0.6) is 0 Å². The average Bonchev–Trinajstić information content (AvgIpc) is 3.28. The lowest BCUT2D eigenvalue weighted by molar-refractivity contribution is -0.123. The topological polar surface area (TPSA) is 105 Å². The van der Waals surface area contributed by atoms with Gasteiger partial charge in [-0.3, -0.25) is 19.3 Å². The number of anilines is 2. The highest BCUT2D eigenvalue weighted by Crippen LogP contribution is 2.18. The number of amides is 3. The van der Waals surface area contributed by atoms with Crippen molar-refractivity contribution in [2.24, 2.45) is 5.73 Å². The smallest absolute Gasteiger partial charge is 0.265 e. The third-order valence-electron chi connectivity index (χ3n) is 4.21. The Bertz CT molecular complexity index is 789. The average molecular weight is 372 g/mol. The number of benzene rings is 1. The summed E-state index contributed by atoms with van der Waals surface area (Å²) in [7, 11) is 0. The molecule has 0 radical (unpaired) electrons. The van der Waals surface area contributed by atoms with Gasteiger partial charge in [0.25, 0.3) is 5.91 Å². The number of likely N-dealkylation sites (tertiary alicyclic amines) is 1. The van der Waals surface area contributed by atoms with Crippen molar-refractivity contribution in [3.8, 4) is 0 Å². The maximum absolute atomic E-state index is 12.2. The molecule has 0 bridgehead atoms. The SMILES string of the molecule is NC(=O)C1CCCN1CC(=O)Nc1ccc(NC(=O)c2cccs2)cc1. The molecule has 136 valence electrons. The molecule has 1 aromatic heterocycles. The number of carbonyl (C=O) groups excluding carboxylic acids is 3. The summed E-state index contributed by atoms with van der Waals surface area (Å²) in [6.07, 6.45) is 1.56. The zero-order valence-electron chi connectivity index (χ0n) is 14.1. The van der Waals surface area contributed by atoms with Crippen LogP contribution in [0.1, 0.15) is 22.5 Å². The molecule has 1 fully saturated rings. The highest BCUT2D eigenvalue weighted by Gasteiger charge is 2.30. The molecule has 1 unspecified atom stereocenters. The minimum absolute atomic E-state index is 0.129. The Hall–Kier alpha value is -2.71. The second-order valence-electron chi connectivity index (χ2n) is 6.09. The summed E-state index contributed by atoms with van der Waals surface area (Å²) in [5, 5.41) is 7.44. The summed E-state index contributed by atoms with van der Waals surface area (Å²) in [6, 6.07) is 10.1. The first-order valence-electron chi connectivity index (χ1n) is 8.31. The molecule has 2 heterocycles. The Labute approximate surface area is 155 Å². The molecule has 1 saturated heterocycles. The van der Waals surface area contributed by atoms with Gasteiger partial charge < -0.3 is 16.4 Å². The Kier molecular flexibility index (Phi) is 5.65. The third-order valence-corrected chi connectivity index (χ3v) is 5.08. The number of nitrogens with two attached hydrogens (primary N) is 1. The van der Waals surface area contributed by atoms with E-state index in [1.807, 2.05) is 11.4 Å². The van der Waals surface area contributed by atoms with Crippen LogP contribution in [0.4, 0.5) is 11.4 Å². The monoisotopic (exact) mass is 372 g/mol. The summed E-state index contributed by atoms with van der Waals surface area (Å²) in [5.41, 5.74) is 6.63. The minimum atomic E-state index is -0.388.